The number of hydrogen-bond donors (Lipinski definition) is 0. The predicted octanol–water partition coefficient (Wildman–Crippen LogP) is 3.50. The third-order valence-electron chi connectivity index (χ3n) is 2.85. The van der Waals surface area contributed by atoms with E-state index >= 15 is 0 Å². The van der Waals surface area contributed by atoms with Crippen LogP contribution >= 0.6 is 11.6 Å². The first kappa shape index (κ1) is 11.4. The van der Waals surface area contributed by atoms with Crippen LogP contribution in [0.5, 0.6) is 11.6 Å². The highest BCUT2D eigenvalue weighted by molar-refractivity contribution is 6.30. The Bertz CT molecular complexity index is 570. The summed E-state index contributed by atoms with van der Waals surface area (Å²) in [5.41, 5.74) is 0.755. The van der Waals surface area contributed by atoms with E-state index < -0.39 is 0 Å². The maximum absolute atomic E-state index is 6.11. The van der Waals surface area contributed by atoms with E-state index in [1.165, 1.54) is 0 Å². The fourth-order valence-electron chi connectivity index (χ4n) is 1.63. The molecular weight excluding hydrogens is 250 g/mol. The average molecular weight is 262 g/mol. The van der Waals surface area contributed by atoms with Gasteiger partial charge in [-0.25, -0.2) is 4.98 Å². The van der Waals surface area contributed by atoms with E-state index in [9.17, 15) is 0 Å². The summed E-state index contributed by atoms with van der Waals surface area (Å²) in [5.74, 6) is 2.39. The van der Waals surface area contributed by atoms with Crippen LogP contribution < -0.4 is 4.74 Å². The predicted molar refractivity (Wildman–Crippen MR) is 68.1 cm³/mol. The van der Waals surface area contributed by atoms with Gasteiger partial charge in [0.15, 0.2) is 0 Å². The summed E-state index contributed by atoms with van der Waals surface area (Å²) in [5, 5.41) is 0.464. The van der Waals surface area contributed by atoms with Crippen LogP contribution in [0.25, 0.3) is 0 Å². The molecule has 2 aromatic rings. The molecule has 18 heavy (non-hydrogen) atoms. The molecule has 0 bridgehead atoms. The molecule has 1 aliphatic rings. The van der Waals surface area contributed by atoms with Crippen LogP contribution in [0.2, 0.25) is 5.15 Å². The molecule has 2 heterocycles. The number of rotatable bonds is 3. The second kappa shape index (κ2) is 4.53. The molecule has 4 nitrogen and oxygen atoms in total. The number of nitrogens with zero attached hydrogens (tertiary/aromatic N) is 3. The lowest BCUT2D eigenvalue weighted by Gasteiger charge is -2.09. The minimum Gasteiger partial charge on any atom is -0.437 e. The Morgan fingerprint density at radius 3 is 2.83 bits per heavy atom. The molecule has 0 amide bonds. The molecule has 0 aliphatic heterocycles. The quantitative estimate of drug-likeness (QED) is 0.794. The van der Waals surface area contributed by atoms with Gasteiger partial charge in [0.2, 0.25) is 5.88 Å². The zero-order valence-corrected chi connectivity index (χ0v) is 10.7. The van der Waals surface area contributed by atoms with Crippen molar-refractivity contribution < 1.29 is 4.74 Å². The van der Waals surface area contributed by atoms with Gasteiger partial charge in [0.1, 0.15) is 16.7 Å². The molecule has 5 heteroatoms. The molecule has 0 atom stereocenters. The Morgan fingerprint density at radius 2 is 2.17 bits per heavy atom. The maximum atomic E-state index is 6.11. The van der Waals surface area contributed by atoms with Crippen molar-refractivity contribution in [3.05, 3.63) is 41.1 Å². The van der Waals surface area contributed by atoms with Crippen LogP contribution in [-0.4, -0.2) is 15.0 Å². The molecule has 0 spiro atoms. The third-order valence-corrected chi connectivity index (χ3v) is 3.22. The summed E-state index contributed by atoms with van der Waals surface area (Å²) in [6, 6.07) is 3.65. The number of ether oxygens (including phenoxy) is 1. The minimum absolute atomic E-state index is 0.444. The van der Waals surface area contributed by atoms with Gasteiger partial charge in [-0.2, -0.15) is 4.98 Å². The van der Waals surface area contributed by atoms with Crippen LogP contribution in [0, 0.1) is 6.92 Å². The van der Waals surface area contributed by atoms with Crippen molar-refractivity contribution in [3.63, 3.8) is 0 Å². The Morgan fingerprint density at radius 1 is 1.33 bits per heavy atom. The molecule has 0 radical (unpaired) electrons. The van der Waals surface area contributed by atoms with E-state index in [1.54, 1.807) is 12.4 Å². The number of aromatic nitrogens is 3. The van der Waals surface area contributed by atoms with E-state index in [4.69, 9.17) is 16.3 Å². The van der Waals surface area contributed by atoms with Gasteiger partial charge in [0.25, 0.3) is 0 Å². The Labute approximate surface area is 110 Å². The number of hydrogen-bond acceptors (Lipinski definition) is 4. The number of pyridine rings is 1. The van der Waals surface area contributed by atoms with Gasteiger partial charge in [-0.05, 0) is 31.9 Å². The largest absolute Gasteiger partial charge is 0.437 e. The van der Waals surface area contributed by atoms with E-state index in [-0.39, 0.29) is 0 Å². The lowest BCUT2D eigenvalue weighted by molar-refractivity contribution is 0.452. The Kier molecular flexibility index (Phi) is 2.88. The van der Waals surface area contributed by atoms with Crippen LogP contribution in [0.3, 0.4) is 0 Å². The van der Waals surface area contributed by atoms with Gasteiger partial charge in [-0.15, -0.1) is 0 Å². The first-order chi connectivity index (χ1) is 8.74. The summed E-state index contributed by atoms with van der Waals surface area (Å²) in [7, 11) is 0. The zero-order valence-electron chi connectivity index (χ0n) is 9.93. The Balaban J connectivity index is 1.95. The maximum Gasteiger partial charge on any atom is 0.227 e. The van der Waals surface area contributed by atoms with Gasteiger partial charge in [-0.1, -0.05) is 11.6 Å². The molecule has 0 saturated heterocycles. The van der Waals surface area contributed by atoms with Crippen molar-refractivity contribution in [1.29, 1.82) is 0 Å². The normalized spacial score (nSPS) is 14.6. The van der Waals surface area contributed by atoms with Crippen molar-refractivity contribution in [2.75, 3.05) is 0 Å². The van der Waals surface area contributed by atoms with Gasteiger partial charge >= 0.3 is 0 Å². The first-order valence-electron chi connectivity index (χ1n) is 5.86. The van der Waals surface area contributed by atoms with Gasteiger partial charge in [0.05, 0.1) is 6.20 Å². The molecule has 0 unspecified atom stereocenters. The molecule has 1 saturated carbocycles. The lowest BCUT2D eigenvalue weighted by atomic mass is 10.3. The average Bonchev–Trinajstić information content (AvgIpc) is 3.20. The van der Waals surface area contributed by atoms with Crippen LogP contribution in [0.1, 0.15) is 30.1 Å². The minimum atomic E-state index is 0.444. The van der Waals surface area contributed by atoms with E-state index in [0.717, 1.165) is 24.2 Å². The van der Waals surface area contributed by atoms with Crippen LogP contribution in [-0.2, 0) is 0 Å². The molecule has 0 aromatic carbocycles. The molecule has 3 rings (SSSR count). The van der Waals surface area contributed by atoms with E-state index in [2.05, 4.69) is 15.0 Å². The topological polar surface area (TPSA) is 47.9 Å². The first-order valence-corrected chi connectivity index (χ1v) is 6.24. The van der Waals surface area contributed by atoms with Gasteiger partial charge in [-0.3, -0.25) is 4.98 Å². The van der Waals surface area contributed by atoms with Crippen molar-refractivity contribution in [2.45, 2.75) is 25.7 Å². The smallest absolute Gasteiger partial charge is 0.227 e. The van der Waals surface area contributed by atoms with Crippen molar-refractivity contribution in [1.82, 2.24) is 15.0 Å². The summed E-state index contributed by atoms with van der Waals surface area (Å²) in [6.07, 6.45) is 5.60. The zero-order chi connectivity index (χ0) is 12.5. The third kappa shape index (κ3) is 2.29. The fourth-order valence-corrected chi connectivity index (χ4v) is 1.80. The molecular formula is C13H12ClN3O. The van der Waals surface area contributed by atoms with Crippen molar-refractivity contribution in [3.8, 4) is 11.6 Å². The summed E-state index contributed by atoms with van der Waals surface area (Å²) in [4.78, 5) is 12.7. The molecule has 92 valence electrons. The highest BCUT2D eigenvalue weighted by Crippen LogP contribution is 2.40. The monoisotopic (exact) mass is 261 g/mol. The highest BCUT2D eigenvalue weighted by Gasteiger charge is 2.28. The van der Waals surface area contributed by atoms with Crippen LogP contribution in [0.4, 0.5) is 0 Å². The summed E-state index contributed by atoms with van der Waals surface area (Å²) >= 11 is 6.11. The highest BCUT2D eigenvalue weighted by atomic mass is 35.5. The summed E-state index contributed by atoms with van der Waals surface area (Å²) in [6.45, 7) is 1.85. The van der Waals surface area contributed by atoms with Gasteiger partial charge in [0, 0.05) is 17.7 Å². The van der Waals surface area contributed by atoms with Crippen LogP contribution in [0.15, 0.2) is 24.5 Å². The van der Waals surface area contributed by atoms with Crippen molar-refractivity contribution >= 4 is 11.6 Å². The number of halogens is 1. The van der Waals surface area contributed by atoms with Gasteiger partial charge < -0.3 is 4.74 Å². The molecule has 2 aromatic heterocycles. The second-order valence-electron chi connectivity index (χ2n) is 4.37. The molecule has 0 N–H and O–H groups in total. The van der Waals surface area contributed by atoms with E-state index in [1.807, 2.05) is 19.1 Å². The standard InChI is InChI=1S/C13H12ClN3O/c1-8-11(14)16-12(9-4-5-9)17-13(8)18-10-3-2-6-15-7-10/h2-3,6-7,9H,4-5H2,1H3. The Hall–Kier alpha value is -1.68. The summed E-state index contributed by atoms with van der Waals surface area (Å²) < 4.78 is 5.71. The molecule has 1 aliphatic carbocycles. The lowest BCUT2D eigenvalue weighted by Crippen LogP contribution is -2.00. The second-order valence-corrected chi connectivity index (χ2v) is 4.73. The fraction of sp³-hybridized carbons (Fsp3) is 0.308. The SMILES string of the molecule is Cc1c(Cl)nc(C2CC2)nc1Oc1cccnc1. The van der Waals surface area contributed by atoms with E-state index in [0.29, 0.717) is 22.7 Å². The van der Waals surface area contributed by atoms with Crippen molar-refractivity contribution in [2.24, 2.45) is 0 Å². The molecule has 1 fully saturated rings.